The van der Waals surface area contributed by atoms with Crippen molar-refractivity contribution in [2.45, 2.75) is 77.0 Å². The molecule has 4 aliphatic rings. The molecule has 0 radical (unpaired) electrons. The first-order chi connectivity index (χ1) is 8.56. The van der Waals surface area contributed by atoms with Gasteiger partial charge in [-0.05, 0) is 69.1 Å². The van der Waals surface area contributed by atoms with Crippen molar-refractivity contribution in [3.05, 3.63) is 0 Å². The SMILES string of the molecule is CC(C)S(=O)(=O)NC12CC3CC(C)(CC(C)(C3)C1)C2. The Morgan fingerprint density at radius 2 is 1.53 bits per heavy atom. The molecule has 3 nitrogen and oxygen atoms in total. The molecule has 110 valence electrons. The highest BCUT2D eigenvalue weighted by Gasteiger charge is 2.61. The second-order valence-electron chi connectivity index (χ2n) is 8.61. The van der Waals surface area contributed by atoms with Gasteiger partial charge in [-0.3, -0.25) is 0 Å². The van der Waals surface area contributed by atoms with E-state index < -0.39 is 10.0 Å². The number of hydrogen-bond donors (Lipinski definition) is 1. The molecule has 0 aromatic carbocycles. The average molecular weight is 285 g/mol. The van der Waals surface area contributed by atoms with Crippen molar-refractivity contribution < 1.29 is 8.42 Å². The molecule has 4 saturated carbocycles. The van der Waals surface area contributed by atoms with Crippen LogP contribution in [0.2, 0.25) is 0 Å². The van der Waals surface area contributed by atoms with Crippen molar-refractivity contribution in [3.8, 4) is 0 Å². The fraction of sp³-hybridized carbons (Fsp3) is 1.00. The third-order valence-corrected chi connectivity index (χ3v) is 7.56. The van der Waals surface area contributed by atoms with Crippen LogP contribution in [0.5, 0.6) is 0 Å². The molecule has 2 unspecified atom stereocenters. The van der Waals surface area contributed by atoms with E-state index in [0.29, 0.717) is 10.8 Å². The van der Waals surface area contributed by atoms with E-state index in [4.69, 9.17) is 0 Å². The lowest BCUT2D eigenvalue weighted by molar-refractivity contribution is -0.110. The van der Waals surface area contributed by atoms with Crippen molar-refractivity contribution >= 4 is 10.0 Å². The summed E-state index contributed by atoms with van der Waals surface area (Å²) in [5.74, 6) is 0.723. The van der Waals surface area contributed by atoms with Gasteiger partial charge in [-0.25, -0.2) is 13.1 Å². The van der Waals surface area contributed by atoms with Crippen molar-refractivity contribution in [1.29, 1.82) is 0 Å². The van der Waals surface area contributed by atoms with E-state index in [-0.39, 0.29) is 10.8 Å². The van der Waals surface area contributed by atoms with E-state index in [1.807, 2.05) is 0 Å². The van der Waals surface area contributed by atoms with Crippen LogP contribution in [0.15, 0.2) is 0 Å². The van der Waals surface area contributed by atoms with Gasteiger partial charge in [0.2, 0.25) is 10.0 Å². The maximum atomic E-state index is 12.3. The van der Waals surface area contributed by atoms with Gasteiger partial charge in [0.15, 0.2) is 0 Å². The van der Waals surface area contributed by atoms with E-state index in [1.165, 1.54) is 19.3 Å². The van der Waals surface area contributed by atoms with Crippen molar-refractivity contribution in [1.82, 2.24) is 4.72 Å². The minimum Gasteiger partial charge on any atom is -0.212 e. The maximum absolute atomic E-state index is 12.3. The van der Waals surface area contributed by atoms with Crippen molar-refractivity contribution in [3.63, 3.8) is 0 Å². The Labute approximate surface area is 117 Å². The number of sulfonamides is 1. The molecule has 0 aromatic heterocycles. The molecule has 4 rings (SSSR count). The van der Waals surface area contributed by atoms with Gasteiger partial charge in [0.05, 0.1) is 5.25 Å². The molecule has 0 aliphatic heterocycles. The predicted molar refractivity (Wildman–Crippen MR) is 77.3 cm³/mol. The molecule has 4 bridgehead atoms. The minimum atomic E-state index is -3.16. The molecule has 2 atom stereocenters. The Bertz CT molecular complexity index is 478. The third kappa shape index (κ3) is 2.25. The van der Waals surface area contributed by atoms with Gasteiger partial charge in [0, 0.05) is 5.54 Å². The lowest BCUT2D eigenvalue weighted by Gasteiger charge is -2.65. The minimum absolute atomic E-state index is 0.147. The molecule has 0 amide bonds. The summed E-state index contributed by atoms with van der Waals surface area (Å²) in [5, 5.41) is -0.332. The van der Waals surface area contributed by atoms with Crippen molar-refractivity contribution in [2.75, 3.05) is 0 Å². The highest BCUT2D eigenvalue weighted by molar-refractivity contribution is 7.90. The molecule has 4 aliphatic carbocycles. The zero-order chi connectivity index (χ0) is 14.1. The second kappa shape index (κ2) is 3.76. The molecule has 0 aromatic rings. The topological polar surface area (TPSA) is 46.2 Å². The smallest absolute Gasteiger partial charge is 0.212 e. The molecule has 19 heavy (non-hydrogen) atoms. The van der Waals surface area contributed by atoms with Crippen LogP contribution in [0.4, 0.5) is 0 Å². The molecule has 4 fully saturated rings. The lowest BCUT2D eigenvalue weighted by Crippen LogP contribution is -2.65. The van der Waals surface area contributed by atoms with E-state index in [0.717, 1.165) is 25.2 Å². The molecular weight excluding hydrogens is 258 g/mol. The Balaban J connectivity index is 1.93. The molecule has 0 heterocycles. The van der Waals surface area contributed by atoms with E-state index in [1.54, 1.807) is 13.8 Å². The first-order valence-electron chi connectivity index (χ1n) is 7.58. The summed E-state index contributed by atoms with van der Waals surface area (Å²) in [4.78, 5) is 0. The normalized spacial score (nSPS) is 49.0. The number of rotatable bonds is 3. The second-order valence-corrected chi connectivity index (χ2v) is 10.8. The van der Waals surface area contributed by atoms with E-state index in [9.17, 15) is 8.42 Å². The summed E-state index contributed by atoms with van der Waals surface area (Å²) in [7, 11) is -3.16. The molecule has 4 heteroatoms. The van der Waals surface area contributed by atoms with Gasteiger partial charge >= 0.3 is 0 Å². The first-order valence-corrected chi connectivity index (χ1v) is 9.13. The standard InChI is InChI=1S/C15H27NO2S/c1-11(2)19(17,18)16-15-7-12-5-13(3,9-15)8-14(4,6-12)10-15/h11-12,16H,5-10H2,1-4H3. The quantitative estimate of drug-likeness (QED) is 0.866. The number of hydrogen-bond acceptors (Lipinski definition) is 2. The van der Waals surface area contributed by atoms with Crippen LogP contribution < -0.4 is 4.72 Å². The summed E-state index contributed by atoms with van der Waals surface area (Å²) >= 11 is 0. The van der Waals surface area contributed by atoms with Gasteiger partial charge in [-0.15, -0.1) is 0 Å². The largest absolute Gasteiger partial charge is 0.214 e. The first kappa shape index (κ1) is 13.9. The van der Waals surface area contributed by atoms with E-state index >= 15 is 0 Å². The van der Waals surface area contributed by atoms with Gasteiger partial charge in [0.25, 0.3) is 0 Å². The van der Waals surface area contributed by atoms with Gasteiger partial charge < -0.3 is 0 Å². The maximum Gasteiger partial charge on any atom is 0.214 e. The van der Waals surface area contributed by atoms with Crippen molar-refractivity contribution in [2.24, 2.45) is 16.7 Å². The summed E-state index contributed by atoms with van der Waals surface area (Å²) < 4.78 is 27.7. The summed E-state index contributed by atoms with van der Waals surface area (Å²) in [5.41, 5.74) is 0.563. The monoisotopic (exact) mass is 285 g/mol. The van der Waals surface area contributed by atoms with Crippen LogP contribution in [0.1, 0.15) is 66.2 Å². The molecule has 1 N–H and O–H groups in total. The summed E-state index contributed by atoms with van der Waals surface area (Å²) in [6, 6.07) is 0. The van der Waals surface area contributed by atoms with Gasteiger partial charge in [0.1, 0.15) is 0 Å². The zero-order valence-corrected chi connectivity index (χ0v) is 13.4. The Morgan fingerprint density at radius 1 is 1.00 bits per heavy atom. The highest BCUT2D eigenvalue weighted by Crippen LogP contribution is 2.66. The lowest BCUT2D eigenvalue weighted by atomic mass is 9.43. The molecular formula is C15H27NO2S. The Morgan fingerprint density at radius 3 is 1.95 bits per heavy atom. The molecule has 0 spiro atoms. The van der Waals surface area contributed by atoms with Crippen LogP contribution in [0.3, 0.4) is 0 Å². The fourth-order valence-corrected chi connectivity index (χ4v) is 7.05. The van der Waals surface area contributed by atoms with Gasteiger partial charge in [-0.2, -0.15) is 0 Å². The fourth-order valence-electron chi connectivity index (χ4n) is 5.98. The Kier molecular flexibility index (Phi) is 2.74. The number of nitrogens with one attached hydrogen (secondary N) is 1. The van der Waals surface area contributed by atoms with Gasteiger partial charge in [-0.1, -0.05) is 13.8 Å². The summed E-state index contributed by atoms with van der Waals surface area (Å²) in [6.07, 6.45) is 7.02. The highest BCUT2D eigenvalue weighted by atomic mass is 32.2. The predicted octanol–water partition coefficient (Wildman–Crippen LogP) is 3.06. The average Bonchev–Trinajstić information content (AvgIpc) is 2.07. The van der Waals surface area contributed by atoms with Crippen LogP contribution in [-0.2, 0) is 10.0 Å². The third-order valence-electron chi connectivity index (χ3n) is 5.61. The van der Waals surface area contributed by atoms with Crippen LogP contribution in [0.25, 0.3) is 0 Å². The summed E-state index contributed by atoms with van der Waals surface area (Å²) in [6.45, 7) is 8.28. The molecule has 0 saturated heterocycles. The van der Waals surface area contributed by atoms with Crippen LogP contribution >= 0.6 is 0 Å². The van der Waals surface area contributed by atoms with Crippen LogP contribution in [-0.4, -0.2) is 19.2 Å². The Hall–Kier alpha value is -0.0900. The van der Waals surface area contributed by atoms with E-state index in [2.05, 4.69) is 18.6 Å². The zero-order valence-electron chi connectivity index (χ0n) is 12.6. The van der Waals surface area contributed by atoms with Crippen LogP contribution in [0, 0.1) is 16.7 Å².